The van der Waals surface area contributed by atoms with Gasteiger partial charge < -0.3 is 51.3 Å². The lowest BCUT2D eigenvalue weighted by atomic mass is 10.1. The molecule has 0 saturated heterocycles. The lowest BCUT2D eigenvalue weighted by Crippen LogP contribution is -2.39. The van der Waals surface area contributed by atoms with Gasteiger partial charge in [0.1, 0.15) is 12.1 Å². The minimum atomic E-state index is -1.17. The van der Waals surface area contributed by atoms with Crippen LogP contribution >= 0.6 is 0 Å². The van der Waals surface area contributed by atoms with Crippen LogP contribution in [0.3, 0.4) is 0 Å². The van der Waals surface area contributed by atoms with Gasteiger partial charge in [0, 0.05) is 0 Å². The molecule has 0 aromatic heterocycles. The molecule has 0 radical (unpaired) electrons. The molecule has 2 unspecified atom stereocenters. The molecule has 2 atom stereocenters. The van der Waals surface area contributed by atoms with Crippen LogP contribution in [0.5, 0.6) is 23.0 Å². The van der Waals surface area contributed by atoms with Gasteiger partial charge in [0.05, 0.1) is 53.0 Å². The molecule has 2 aromatic rings. The van der Waals surface area contributed by atoms with Crippen molar-refractivity contribution in [1.82, 2.24) is 0 Å². The highest BCUT2D eigenvalue weighted by molar-refractivity contribution is 6.01. The molecule has 0 aliphatic rings. The zero-order chi connectivity index (χ0) is 26.8. The third kappa shape index (κ3) is 6.86. The van der Waals surface area contributed by atoms with E-state index in [0.717, 1.165) is 0 Å². The van der Waals surface area contributed by atoms with E-state index < -0.39 is 37.1 Å². The molecule has 196 valence electrons. The molecular formula is C24H32N4O8. The second-order valence-corrected chi connectivity index (χ2v) is 7.50. The number of aliphatic hydroxyl groups is 2. The predicted octanol–water partition coefficient (Wildman–Crippen LogP) is 0.408. The summed E-state index contributed by atoms with van der Waals surface area (Å²) >= 11 is 0. The Balaban J connectivity index is 2.56. The summed E-state index contributed by atoms with van der Waals surface area (Å²) in [6.45, 7) is -1.13. The van der Waals surface area contributed by atoms with Crippen molar-refractivity contribution < 1.29 is 38.7 Å². The Morgan fingerprint density at radius 1 is 0.750 bits per heavy atom. The number of nitrogens with one attached hydrogen (secondary N) is 2. The van der Waals surface area contributed by atoms with Crippen LogP contribution in [0.25, 0.3) is 12.2 Å². The third-order valence-electron chi connectivity index (χ3n) is 5.05. The average Bonchev–Trinajstić information content (AvgIpc) is 2.89. The van der Waals surface area contributed by atoms with Crippen molar-refractivity contribution in [1.29, 1.82) is 0 Å². The van der Waals surface area contributed by atoms with E-state index in [9.17, 15) is 19.8 Å². The maximum Gasteiger partial charge on any atom is 0.243 e. The van der Waals surface area contributed by atoms with Gasteiger partial charge >= 0.3 is 0 Å². The molecule has 0 aliphatic heterocycles. The van der Waals surface area contributed by atoms with Crippen molar-refractivity contribution in [3.8, 4) is 23.0 Å². The fraction of sp³-hybridized carbons (Fsp3) is 0.333. The number of benzene rings is 2. The van der Waals surface area contributed by atoms with E-state index in [1.165, 1.54) is 28.4 Å². The fourth-order valence-corrected chi connectivity index (χ4v) is 3.16. The van der Waals surface area contributed by atoms with Crippen molar-refractivity contribution in [2.24, 2.45) is 11.5 Å². The number of carbonyl (C=O) groups is 2. The summed E-state index contributed by atoms with van der Waals surface area (Å²) in [5.41, 5.74) is 12.9. The van der Waals surface area contributed by atoms with Crippen LogP contribution in [0.4, 0.5) is 11.4 Å². The Bertz CT molecular complexity index is 1040. The quantitative estimate of drug-likeness (QED) is 0.221. The van der Waals surface area contributed by atoms with Gasteiger partial charge in [-0.1, -0.05) is 12.2 Å². The number of nitrogens with two attached hydrogens (primary N) is 2. The van der Waals surface area contributed by atoms with Crippen LogP contribution in [0, 0.1) is 0 Å². The Kier molecular flexibility index (Phi) is 10.5. The summed E-state index contributed by atoms with van der Waals surface area (Å²) in [5.74, 6) is 0.164. The Hall–Kier alpha value is -3.84. The molecule has 0 bridgehead atoms. The molecule has 2 rings (SSSR count). The van der Waals surface area contributed by atoms with Crippen LogP contribution in [0.15, 0.2) is 24.3 Å². The van der Waals surface area contributed by atoms with Crippen LogP contribution in [0.1, 0.15) is 11.1 Å². The van der Waals surface area contributed by atoms with E-state index in [1.54, 1.807) is 36.4 Å². The number of amides is 2. The van der Waals surface area contributed by atoms with Crippen LogP contribution in [0.2, 0.25) is 0 Å². The first-order chi connectivity index (χ1) is 17.2. The molecule has 12 nitrogen and oxygen atoms in total. The molecule has 36 heavy (non-hydrogen) atoms. The van der Waals surface area contributed by atoms with Gasteiger partial charge in [0.25, 0.3) is 0 Å². The lowest BCUT2D eigenvalue weighted by molar-refractivity contribution is -0.118. The molecule has 2 amide bonds. The number of hydrogen-bond acceptors (Lipinski definition) is 10. The molecule has 0 heterocycles. The number of anilines is 2. The summed E-state index contributed by atoms with van der Waals surface area (Å²) in [7, 11) is 5.87. The molecule has 0 fully saturated rings. The first-order valence-corrected chi connectivity index (χ1v) is 10.8. The highest BCUT2D eigenvalue weighted by Gasteiger charge is 2.20. The zero-order valence-corrected chi connectivity index (χ0v) is 20.5. The van der Waals surface area contributed by atoms with Crippen molar-refractivity contribution in [3.63, 3.8) is 0 Å². The zero-order valence-electron chi connectivity index (χ0n) is 20.5. The number of hydrogen-bond donors (Lipinski definition) is 6. The largest absolute Gasteiger partial charge is 0.493 e. The van der Waals surface area contributed by atoms with Gasteiger partial charge in [-0.05, 0) is 35.4 Å². The Morgan fingerprint density at radius 3 is 1.47 bits per heavy atom. The first-order valence-electron chi connectivity index (χ1n) is 10.8. The van der Waals surface area contributed by atoms with Gasteiger partial charge in [0.2, 0.25) is 17.6 Å². The van der Waals surface area contributed by atoms with Crippen molar-refractivity contribution in [2.45, 2.75) is 12.1 Å². The molecular weight excluding hydrogens is 472 g/mol. The number of aliphatic hydroxyl groups excluding tert-OH is 2. The van der Waals surface area contributed by atoms with Crippen molar-refractivity contribution >= 4 is 35.3 Å². The van der Waals surface area contributed by atoms with Crippen LogP contribution in [-0.4, -0.2) is 75.8 Å². The fourth-order valence-electron chi connectivity index (χ4n) is 3.16. The number of methoxy groups -OCH3 is 4. The molecule has 0 aliphatic carbocycles. The highest BCUT2D eigenvalue weighted by atomic mass is 16.5. The monoisotopic (exact) mass is 504 g/mol. The van der Waals surface area contributed by atoms with Gasteiger partial charge in [-0.3, -0.25) is 9.59 Å². The molecule has 12 heteroatoms. The Labute approximate surface area is 208 Å². The van der Waals surface area contributed by atoms with E-state index in [1.807, 2.05) is 0 Å². The molecule has 0 saturated carbocycles. The molecule has 8 N–H and O–H groups in total. The summed E-state index contributed by atoms with van der Waals surface area (Å²) in [6, 6.07) is 4.33. The van der Waals surface area contributed by atoms with Crippen LogP contribution in [-0.2, 0) is 9.59 Å². The maximum atomic E-state index is 12.3. The lowest BCUT2D eigenvalue weighted by Gasteiger charge is -2.18. The molecule has 2 aromatic carbocycles. The maximum absolute atomic E-state index is 12.3. The summed E-state index contributed by atoms with van der Waals surface area (Å²) in [6.07, 6.45) is 3.46. The standard InChI is InChI=1S/C24H32N4O8/c1-33-19-9-14(10-20(34-2)22(19)36-4)6-5-13-7-17(27-23(31)15(25)11-29)21(35-3)18(8-13)28-24(32)16(26)12-30/h5-10,15-16,29-30H,11-12,25-26H2,1-4H3,(H,27,31)(H,28,32)/b6-5-. The topological polar surface area (TPSA) is 188 Å². The van der Waals surface area contributed by atoms with E-state index in [0.29, 0.717) is 28.4 Å². The smallest absolute Gasteiger partial charge is 0.243 e. The summed E-state index contributed by atoms with van der Waals surface area (Å²) < 4.78 is 21.5. The Morgan fingerprint density at radius 2 is 1.14 bits per heavy atom. The second-order valence-electron chi connectivity index (χ2n) is 7.50. The van der Waals surface area contributed by atoms with E-state index in [4.69, 9.17) is 30.4 Å². The van der Waals surface area contributed by atoms with Crippen molar-refractivity contribution in [3.05, 3.63) is 35.4 Å². The minimum absolute atomic E-state index is 0.122. The van der Waals surface area contributed by atoms with Gasteiger partial charge in [-0.25, -0.2) is 0 Å². The SMILES string of the molecule is COc1cc(/C=C\c2cc(NC(=O)C(N)CO)c(OC)c(NC(=O)C(N)CO)c2)cc(OC)c1OC. The van der Waals surface area contributed by atoms with E-state index in [2.05, 4.69) is 10.6 Å². The number of rotatable bonds is 12. The number of ether oxygens (including phenoxy) is 4. The first kappa shape index (κ1) is 28.4. The molecule has 0 spiro atoms. The van der Waals surface area contributed by atoms with Gasteiger partial charge in [-0.2, -0.15) is 0 Å². The normalized spacial score (nSPS) is 12.6. The minimum Gasteiger partial charge on any atom is -0.493 e. The van der Waals surface area contributed by atoms with E-state index >= 15 is 0 Å². The summed E-state index contributed by atoms with van der Waals surface area (Å²) in [5, 5.41) is 23.6. The highest BCUT2D eigenvalue weighted by Crippen LogP contribution is 2.39. The third-order valence-corrected chi connectivity index (χ3v) is 5.05. The second kappa shape index (κ2) is 13.3. The van der Waals surface area contributed by atoms with E-state index in [-0.39, 0.29) is 17.1 Å². The average molecular weight is 505 g/mol. The number of carbonyl (C=O) groups excluding carboxylic acids is 2. The summed E-state index contributed by atoms with van der Waals surface area (Å²) in [4.78, 5) is 24.7. The van der Waals surface area contributed by atoms with Gasteiger partial charge in [-0.15, -0.1) is 0 Å². The predicted molar refractivity (Wildman–Crippen MR) is 135 cm³/mol. The van der Waals surface area contributed by atoms with Crippen molar-refractivity contribution in [2.75, 3.05) is 52.3 Å². The van der Waals surface area contributed by atoms with Crippen LogP contribution < -0.4 is 41.0 Å². The van der Waals surface area contributed by atoms with Gasteiger partial charge in [0.15, 0.2) is 17.2 Å².